The smallest absolute Gasteiger partial charge is 0.273 e. The molecule has 15 heavy (non-hydrogen) atoms. The number of rotatable bonds is 3. The van der Waals surface area contributed by atoms with Crippen molar-refractivity contribution in [3.05, 3.63) is 48.1 Å². The van der Waals surface area contributed by atoms with E-state index < -0.39 is 0 Å². The molecule has 0 fully saturated rings. The first kappa shape index (κ1) is 14.5. The zero-order chi connectivity index (χ0) is 10.1. The van der Waals surface area contributed by atoms with Crippen LogP contribution in [0.4, 0.5) is 0 Å². The van der Waals surface area contributed by atoms with E-state index >= 15 is 0 Å². The summed E-state index contributed by atoms with van der Waals surface area (Å²) in [5.74, 6) is 0. The van der Waals surface area contributed by atoms with Crippen LogP contribution >= 0.6 is 0 Å². The molecule has 0 radical (unpaired) electrons. The van der Waals surface area contributed by atoms with Crippen molar-refractivity contribution >= 4 is 0 Å². The Morgan fingerprint density at radius 2 is 2.13 bits per heavy atom. The fourth-order valence-corrected chi connectivity index (χ4v) is 1.33. The van der Waals surface area contributed by atoms with Crippen molar-refractivity contribution in [3.63, 3.8) is 0 Å². The van der Waals surface area contributed by atoms with Crippen molar-refractivity contribution in [1.82, 2.24) is 0 Å². The maximum absolute atomic E-state index is 3.30. The Labute approximate surface area is 104 Å². The number of hydrogen-bond acceptors (Lipinski definition) is 0. The van der Waals surface area contributed by atoms with Gasteiger partial charge in [-0.25, -0.2) is 23.8 Å². The Balaban J connectivity index is 0.000000280. The minimum absolute atomic E-state index is 0. The fourth-order valence-electron chi connectivity index (χ4n) is 1.33. The van der Waals surface area contributed by atoms with Gasteiger partial charge in [-0.3, -0.25) is 12.2 Å². The van der Waals surface area contributed by atoms with Crippen molar-refractivity contribution in [3.8, 4) is 0 Å². The number of hydrogen-bond donors (Lipinski definition) is 0. The summed E-state index contributed by atoms with van der Waals surface area (Å²) >= 11 is 0. The van der Waals surface area contributed by atoms with Gasteiger partial charge in [0.05, 0.1) is 0 Å². The van der Waals surface area contributed by atoms with E-state index in [1.807, 2.05) is 12.2 Å². The van der Waals surface area contributed by atoms with Gasteiger partial charge in [-0.05, 0) is 0 Å². The summed E-state index contributed by atoms with van der Waals surface area (Å²) in [6, 6.07) is 0. The first-order chi connectivity index (χ1) is 6.93. The quantitative estimate of drug-likeness (QED) is 0.514. The Kier molecular flexibility index (Phi) is 9.67. The van der Waals surface area contributed by atoms with Crippen LogP contribution in [-0.4, -0.2) is 0 Å². The van der Waals surface area contributed by atoms with Crippen molar-refractivity contribution in [2.45, 2.75) is 39.0 Å². The normalized spacial score (nSPS) is 15.7. The van der Waals surface area contributed by atoms with Crippen molar-refractivity contribution < 1.29 is 17.1 Å². The molecule has 0 aromatic rings. The van der Waals surface area contributed by atoms with Crippen molar-refractivity contribution in [1.29, 1.82) is 0 Å². The van der Waals surface area contributed by atoms with E-state index in [2.05, 4.69) is 37.3 Å². The van der Waals surface area contributed by atoms with Crippen LogP contribution in [0.5, 0.6) is 0 Å². The molecule has 0 aliphatic heterocycles. The van der Waals surface area contributed by atoms with Crippen LogP contribution in [-0.2, 0) is 17.1 Å². The molecular formula is C14H18Fe. The van der Waals surface area contributed by atoms with Crippen LogP contribution < -0.4 is 0 Å². The molecule has 0 aromatic carbocycles. The van der Waals surface area contributed by atoms with Gasteiger partial charge < -0.3 is 0 Å². The Bertz CT molecular complexity index is 247. The van der Waals surface area contributed by atoms with Gasteiger partial charge in [0.1, 0.15) is 0 Å². The third-order valence-electron chi connectivity index (χ3n) is 2.15. The number of unbranched alkanes of at least 4 members (excludes halogenated alkanes) is 1. The van der Waals surface area contributed by atoms with Crippen LogP contribution in [0.1, 0.15) is 39.0 Å². The maximum Gasteiger partial charge on any atom is 2.00 e. The minimum Gasteiger partial charge on any atom is -0.273 e. The first-order valence-electron chi connectivity index (χ1n) is 5.41. The molecule has 0 amide bonds. The molecule has 0 unspecified atom stereocenters. The summed E-state index contributed by atoms with van der Waals surface area (Å²) in [6.07, 6.45) is 22.5. The Morgan fingerprint density at radius 1 is 1.27 bits per heavy atom. The molecular weight excluding hydrogens is 224 g/mol. The van der Waals surface area contributed by atoms with Crippen molar-refractivity contribution in [2.75, 3.05) is 0 Å². The first-order valence-corrected chi connectivity index (χ1v) is 5.41. The van der Waals surface area contributed by atoms with Crippen LogP contribution in [0, 0.1) is 12.2 Å². The Hall–Kier alpha value is -0.521. The standard InChI is InChI=1S/C9H13.C5H5.Fe/c1-2-3-6-9-7-4-5-8-9;1-2-4-5-3-1;/h4,7H,2-3,5-6H2,1H3;1-3H,4H2;/q2*-1;+2. The summed E-state index contributed by atoms with van der Waals surface area (Å²) < 4.78 is 0. The van der Waals surface area contributed by atoms with Crippen LogP contribution in [0.3, 0.4) is 0 Å². The average molecular weight is 242 g/mol. The van der Waals surface area contributed by atoms with Gasteiger partial charge in [-0.1, -0.05) is 26.2 Å². The molecule has 0 saturated heterocycles. The molecule has 2 aliphatic carbocycles. The second-order valence-corrected chi connectivity index (χ2v) is 3.42. The molecule has 82 valence electrons. The molecule has 1 heteroatoms. The summed E-state index contributed by atoms with van der Waals surface area (Å²) in [5.41, 5.74) is 1.41. The van der Waals surface area contributed by atoms with E-state index in [-0.39, 0.29) is 17.1 Å². The van der Waals surface area contributed by atoms with Gasteiger partial charge in [0.2, 0.25) is 0 Å². The van der Waals surface area contributed by atoms with Crippen molar-refractivity contribution in [2.24, 2.45) is 0 Å². The van der Waals surface area contributed by atoms with Crippen LogP contribution in [0.25, 0.3) is 0 Å². The summed E-state index contributed by atoms with van der Waals surface area (Å²) in [5, 5.41) is 0. The van der Waals surface area contributed by atoms with E-state index in [0.29, 0.717) is 0 Å². The largest absolute Gasteiger partial charge is 2.00 e. The van der Waals surface area contributed by atoms with Gasteiger partial charge in [-0.2, -0.15) is 12.2 Å². The average Bonchev–Trinajstić information content (AvgIpc) is 2.90. The molecule has 2 rings (SSSR count). The molecule has 0 bridgehead atoms. The fraction of sp³-hybridized carbons (Fsp3) is 0.429. The van der Waals surface area contributed by atoms with Gasteiger partial charge in [0, 0.05) is 0 Å². The predicted molar refractivity (Wildman–Crippen MR) is 61.6 cm³/mol. The molecule has 0 aromatic heterocycles. The van der Waals surface area contributed by atoms with Gasteiger partial charge in [0.15, 0.2) is 0 Å². The topological polar surface area (TPSA) is 0 Å². The second-order valence-electron chi connectivity index (χ2n) is 3.42. The second kappa shape index (κ2) is 10.0. The Morgan fingerprint density at radius 3 is 2.53 bits per heavy atom. The minimum atomic E-state index is 0. The molecule has 0 saturated carbocycles. The molecule has 0 nitrogen and oxygen atoms in total. The van der Waals surface area contributed by atoms with E-state index in [1.165, 1.54) is 24.8 Å². The molecule has 0 spiro atoms. The monoisotopic (exact) mass is 242 g/mol. The van der Waals surface area contributed by atoms with Gasteiger partial charge in [0.25, 0.3) is 0 Å². The SMILES string of the molecule is CCCCC1=[C-]CC=C1.[C-]1=CC=CC1.[Fe+2]. The summed E-state index contributed by atoms with van der Waals surface area (Å²) in [7, 11) is 0. The summed E-state index contributed by atoms with van der Waals surface area (Å²) in [4.78, 5) is 0. The molecule has 2 aliphatic rings. The molecule has 0 atom stereocenters. The van der Waals surface area contributed by atoms with Gasteiger partial charge >= 0.3 is 17.1 Å². The summed E-state index contributed by atoms with van der Waals surface area (Å²) in [6.45, 7) is 2.22. The zero-order valence-electron chi connectivity index (χ0n) is 9.28. The number of allylic oxidation sites excluding steroid dienone is 8. The van der Waals surface area contributed by atoms with E-state index in [4.69, 9.17) is 0 Å². The predicted octanol–water partition coefficient (Wildman–Crippen LogP) is 4.17. The molecule has 0 N–H and O–H groups in total. The van der Waals surface area contributed by atoms with Gasteiger partial charge in [-0.15, -0.1) is 12.8 Å². The van der Waals surface area contributed by atoms with Crippen LogP contribution in [0.2, 0.25) is 0 Å². The molecule has 0 heterocycles. The third kappa shape index (κ3) is 7.41. The maximum atomic E-state index is 3.30. The van der Waals surface area contributed by atoms with Crippen LogP contribution in [0.15, 0.2) is 36.0 Å². The van der Waals surface area contributed by atoms with E-state index in [0.717, 1.165) is 12.8 Å². The van der Waals surface area contributed by atoms with E-state index in [1.54, 1.807) is 0 Å². The van der Waals surface area contributed by atoms with E-state index in [9.17, 15) is 0 Å². The zero-order valence-corrected chi connectivity index (χ0v) is 10.4. The third-order valence-corrected chi connectivity index (χ3v) is 2.15.